The standard InChI is InChI=1S/C16H17N/c1-12-5-4-6-13(11-12)14-9-10-17-16-8-3-2-7-15(14)16/h2-8,11,14,17H,9-10H2,1H3. The van der Waals surface area contributed by atoms with Crippen LogP contribution in [0.3, 0.4) is 0 Å². The molecule has 0 amide bonds. The molecular formula is C16H17N. The minimum Gasteiger partial charge on any atom is -0.385 e. The van der Waals surface area contributed by atoms with E-state index in [4.69, 9.17) is 0 Å². The van der Waals surface area contributed by atoms with Crippen LogP contribution in [-0.4, -0.2) is 6.54 Å². The van der Waals surface area contributed by atoms with Gasteiger partial charge in [0.15, 0.2) is 0 Å². The summed E-state index contributed by atoms with van der Waals surface area (Å²) in [4.78, 5) is 0. The number of nitrogens with one attached hydrogen (secondary N) is 1. The molecule has 0 saturated carbocycles. The van der Waals surface area contributed by atoms with Crippen molar-refractivity contribution in [3.63, 3.8) is 0 Å². The first-order chi connectivity index (χ1) is 8.34. The molecule has 0 radical (unpaired) electrons. The molecule has 1 heteroatoms. The minimum absolute atomic E-state index is 0.548. The van der Waals surface area contributed by atoms with E-state index >= 15 is 0 Å². The van der Waals surface area contributed by atoms with Crippen molar-refractivity contribution in [2.45, 2.75) is 19.3 Å². The topological polar surface area (TPSA) is 12.0 Å². The van der Waals surface area contributed by atoms with E-state index in [0.29, 0.717) is 5.92 Å². The largest absolute Gasteiger partial charge is 0.385 e. The Hall–Kier alpha value is -1.76. The lowest BCUT2D eigenvalue weighted by Crippen LogP contribution is -2.17. The van der Waals surface area contributed by atoms with Gasteiger partial charge in [0.2, 0.25) is 0 Å². The van der Waals surface area contributed by atoms with Gasteiger partial charge in [0.05, 0.1) is 0 Å². The molecular weight excluding hydrogens is 206 g/mol. The van der Waals surface area contributed by atoms with Crippen molar-refractivity contribution in [1.29, 1.82) is 0 Å². The summed E-state index contributed by atoms with van der Waals surface area (Å²) in [6.45, 7) is 3.23. The van der Waals surface area contributed by atoms with Crippen molar-refractivity contribution in [3.05, 3.63) is 65.2 Å². The first-order valence-electron chi connectivity index (χ1n) is 6.24. The molecule has 17 heavy (non-hydrogen) atoms. The number of anilines is 1. The second-order valence-corrected chi connectivity index (χ2v) is 4.77. The first-order valence-corrected chi connectivity index (χ1v) is 6.24. The van der Waals surface area contributed by atoms with Gasteiger partial charge in [-0.1, -0.05) is 48.0 Å². The van der Waals surface area contributed by atoms with Gasteiger partial charge in [0.1, 0.15) is 0 Å². The van der Waals surface area contributed by atoms with Gasteiger partial charge in [0, 0.05) is 18.2 Å². The van der Waals surface area contributed by atoms with Crippen molar-refractivity contribution in [3.8, 4) is 0 Å². The fourth-order valence-corrected chi connectivity index (χ4v) is 2.70. The average molecular weight is 223 g/mol. The summed E-state index contributed by atoms with van der Waals surface area (Å²) < 4.78 is 0. The number of aryl methyl sites for hydroxylation is 1. The molecule has 2 aromatic rings. The summed E-state index contributed by atoms with van der Waals surface area (Å²) in [6, 6.07) is 17.5. The van der Waals surface area contributed by atoms with Crippen LogP contribution in [0.25, 0.3) is 0 Å². The molecule has 2 aromatic carbocycles. The Morgan fingerprint density at radius 1 is 1.06 bits per heavy atom. The molecule has 0 spiro atoms. The molecule has 0 fully saturated rings. The molecule has 1 heterocycles. The lowest BCUT2D eigenvalue weighted by Gasteiger charge is -2.27. The predicted octanol–water partition coefficient (Wildman–Crippen LogP) is 3.94. The smallest absolute Gasteiger partial charge is 0.0379 e. The zero-order valence-electron chi connectivity index (χ0n) is 10.1. The Bertz CT molecular complexity index is 531. The van der Waals surface area contributed by atoms with Gasteiger partial charge in [-0.15, -0.1) is 0 Å². The Labute approximate surface area is 102 Å². The van der Waals surface area contributed by atoms with E-state index in [2.05, 4.69) is 60.8 Å². The minimum atomic E-state index is 0.548. The van der Waals surface area contributed by atoms with Gasteiger partial charge in [-0.25, -0.2) is 0 Å². The molecule has 0 saturated heterocycles. The van der Waals surface area contributed by atoms with E-state index in [1.165, 1.54) is 28.8 Å². The number of hydrogen-bond acceptors (Lipinski definition) is 1. The number of rotatable bonds is 1. The molecule has 1 aliphatic heterocycles. The van der Waals surface area contributed by atoms with E-state index in [1.54, 1.807) is 0 Å². The second-order valence-electron chi connectivity index (χ2n) is 4.77. The van der Waals surface area contributed by atoms with Crippen LogP contribution in [-0.2, 0) is 0 Å². The van der Waals surface area contributed by atoms with Crippen molar-refractivity contribution in [1.82, 2.24) is 0 Å². The molecule has 1 unspecified atom stereocenters. The normalized spacial score (nSPS) is 18.3. The Kier molecular flexibility index (Phi) is 2.60. The zero-order valence-corrected chi connectivity index (χ0v) is 10.1. The molecule has 1 nitrogen and oxygen atoms in total. The predicted molar refractivity (Wildman–Crippen MR) is 72.6 cm³/mol. The summed E-state index contributed by atoms with van der Waals surface area (Å²) in [5, 5.41) is 3.48. The van der Waals surface area contributed by atoms with E-state index in [0.717, 1.165) is 6.54 Å². The highest BCUT2D eigenvalue weighted by molar-refractivity contribution is 5.57. The summed E-state index contributed by atoms with van der Waals surface area (Å²) >= 11 is 0. The van der Waals surface area contributed by atoms with Gasteiger partial charge in [-0.05, 0) is 30.5 Å². The Morgan fingerprint density at radius 2 is 1.94 bits per heavy atom. The molecule has 0 bridgehead atoms. The SMILES string of the molecule is Cc1cccc(C2CCNc3ccccc32)c1. The molecule has 0 aromatic heterocycles. The Morgan fingerprint density at radius 3 is 2.82 bits per heavy atom. The summed E-state index contributed by atoms with van der Waals surface area (Å²) in [5.41, 5.74) is 5.52. The highest BCUT2D eigenvalue weighted by Crippen LogP contribution is 2.36. The molecule has 1 atom stereocenters. The first kappa shape index (κ1) is 10.4. The number of benzene rings is 2. The number of para-hydroxylation sites is 1. The highest BCUT2D eigenvalue weighted by atomic mass is 14.9. The van der Waals surface area contributed by atoms with Crippen LogP contribution < -0.4 is 5.32 Å². The average Bonchev–Trinajstić information content (AvgIpc) is 2.38. The van der Waals surface area contributed by atoms with E-state index in [-0.39, 0.29) is 0 Å². The zero-order chi connectivity index (χ0) is 11.7. The van der Waals surface area contributed by atoms with Gasteiger partial charge < -0.3 is 5.32 Å². The van der Waals surface area contributed by atoms with Gasteiger partial charge in [-0.2, -0.15) is 0 Å². The molecule has 1 N–H and O–H groups in total. The molecule has 3 rings (SSSR count). The fraction of sp³-hybridized carbons (Fsp3) is 0.250. The highest BCUT2D eigenvalue weighted by Gasteiger charge is 2.20. The van der Waals surface area contributed by atoms with Crippen molar-refractivity contribution >= 4 is 5.69 Å². The Balaban J connectivity index is 2.06. The van der Waals surface area contributed by atoms with E-state index in [1.807, 2.05) is 0 Å². The quantitative estimate of drug-likeness (QED) is 0.772. The monoisotopic (exact) mass is 223 g/mol. The second kappa shape index (κ2) is 4.25. The van der Waals surface area contributed by atoms with Crippen LogP contribution in [0.4, 0.5) is 5.69 Å². The third-order valence-corrected chi connectivity index (χ3v) is 3.53. The maximum absolute atomic E-state index is 3.48. The third-order valence-electron chi connectivity index (χ3n) is 3.53. The van der Waals surface area contributed by atoms with Crippen molar-refractivity contribution in [2.75, 3.05) is 11.9 Å². The summed E-state index contributed by atoms with van der Waals surface area (Å²) in [5.74, 6) is 0.548. The molecule has 1 aliphatic rings. The van der Waals surface area contributed by atoms with Gasteiger partial charge in [0.25, 0.3) is 0 Å². The molecule has 0 aliphatic carbocycles. The lowest BCUT2D eigenvalue weighted by atomic mass is 9.85. The van der Waals surface area contributed by atoms with Crippen LogP contribution in [0.5, 0.6) is 0 Å². The van der Waals surface area contributed by atoms with E-state index in [9.17, 15) is 0 Å². The summed E-state index contributed by atoms with van der Waals surface area (Å²) in [6.07, 6.45) is 1.18. The maximum atomic E-state index is 3.48. The lowest BCUT2D eigenvalue weighted by molar-refractivity contribution is 0.719. The van der Waals surface area contributed by atoms with Crippen molar-refractivity contribution in [2.24, 2.45) is 0 Å². The number of fused-ring (bicyclic) bond motifs is 1. The van der Waals surface area contributed by atoms with Crippen LogP contribution in [0.2, 0.25) is 0 Å². The fourth-order valence-electron chi connectivity index (χ4n) is 2.70. The number of hydrogen-bond donors (Lipinski definition) is 1. The van der Waals surface area contributed by atoms with Gasteiger partial charge in [-0.3, -0.25) is 0 Å². The maximum Gasteiger partial charge on any atom is 0.0379 e. The molecule has 86 valence electrons. The van der Waals surface area contributed by atoms with Crippen molar-refractivity contribution < 1.29 is 0 Å². The third kappa shape index (κ3) is 1.93. The van der Waals surface area contributed by atoms with Crippen LogP contribution in [0.1, 0.15) is 29.0 Å². The van der Waals surface area contributed by atoms with Crippen LogP contribution in [0.15, 0.2) is 48.5 Å². The van der Waals surface area contributed by atoms with E-state index < -0.39 is 0 Å². The van der Waals surface area contributed by atoms with Crippen LogP contribution >= 0.6 is 0 Å². The van der Waals surface area contributed by atoms with Gasteiger partial charge >= 0.3 is 0 Å². The van der Waals surface area contributed by atoms with Crippen LogP contribution in [0, 0.1) is 6.92 Å². The summed E-state index contributed by atoms with van der Waals surface area (Å²) in [7, 11) is 0.